The maximum atomic E-state index is 11.1. The summed E-state index contributed by atoms with van der Waals surface area (Å²) in [6, 6.07) is 3.04. The molecule has 114 valence electrons. The Bertz CT molecular complexity index is 545. The second-order valence-corrected chi connectivity index (χ2v) is 7.48. The van der Waals surface area contributed by atoms with Crippen LogP contribution in [0.2, 0.25) is 0 Å². The normalized spacial score (nSPS) is 20.1. The van der Waals surface area contributed by atoms with Gasteiger partial charge in [0.25, 0.3) is 10.0 Å². The fourth-order valence-electron chi connectivity index (χ4n) is 2.43. The Morgan fingerprint density at radius 3 is 2.60 bits per heavy atom. The molecule has 0 saturated carbocycles. The second-order valence-electron chi connectivity index (χ2n) is 5.98. The van der Waals surface area contributed by atoms with Gasteiger partial charge in [-0.05, 0) is 50.5 Å². The maximum Gasteiger partial charge on any atom is 0.271 e. The van der Waals surface area contributed by atoms with Crippen LogP contribution in [0.4, 0.5) is 0 Å². The lowest BCUT2D eigenvalue weighted by atomic mass is 9.80. The van der Waals surface area contributed by atoms with E-state index in [1.54, 1.807) is 6.07 Å². The largest absolute Gasteiger partial charge is 0.447 e. The summed E-state index contributed by atoms with van der Waals surface area (Å²) in [4.78, 5) is 2.34. The quantitative estimate of drug-likeness (QED) is 0.838. The van der Waals surface area contributed by atoms with Crippen LogP contribution < -0.4 is 10.5 Å². The van der Waals surface area contributed by atoms with E-state index < -0.39 is 10.0 Å². The van der Waals surface area contributed by atoms with Gasteiger partial charge in [0.1, 0.15) is 5.76 Å². The van der Waals surface area contributed by atoms with Gasteiger partial charge in [0, 0.05) is 6.54 Å². The van der Waals surface area contributed by atoms with Crippen LogP contribution in [0.1, 0.15) is 25.5 Å². The summed E-state index contributed by atoms with van der Waals surface area (Å²) in [5.41, 5.74) is 0.294. The van der Waals surface area contributed by atoms with Gasteiger partial charge < -0.3 is 14.6 Å². The highest BCUT2D eigenvalue weighted by Crippen LogP contribution is 2.29. The van der Waals surface area contributed by atoms with Crippen LogP contribution in [0.3, 0.4) is 0 Å². The van der Waals surface area contributed by atoms with Crippen molar-refractivity contribution in [2.75, 3.05) is 26.7 Å². The number of nitrogens with two attached hydrogens (primary N) is 1. The number of likely N-dealkylation sites (tertiary alicyclic amines) is 1. The number of hydrogen-bond acceptors (Lipinski definition) is 5. The molecule has 2 heterocycles. The highest BCUT2D eigenvalue weighted by atomic mass is 32.2. The Balaban J connectivity index is 1.83. The fourth-order valence-corrected chi connectivity index (χ4v) is 2.91. The molecule has 0 unspecified atom stereocenters. The van der Waals surface area contributed by atoms with Crippen molar-refractivity contribution in [1.82, 2.24) is 10.2 Å². The number of nitrogens with zero attached hydrogens (tertiary/aromatic N) is 1. The molecule has 0 aromatic carbocycles. The zero-order valence-corrected chi connectivity index (χ0v) is 12.9. The smallest absolute Gasteiger partial charge is 0.271 e. The molecule has 1 aromatic heterocycles. The van der Waals surface area contributed by atoms with Gasteiger partial charge in [-0.1, -0.05) is 6.92 Å². The first-order chi connectivity index (χ1) is 9.28. The van der Waals surface area contributed by atoms with Crippen molar-refractivity contribution in [1.29, 1.82) is 0 Å². The number of furan rings is 1. The van der Waals surface area contributed by atoms with Crippen LogP contribution in [-0.4, -0.2) is 40.0 Å². The Hall–Kier alpha value is -0.890. The minimum atomic E-state index is -3.75. The van der Waals surface area contributed by atoms with Crippen molar-refractivity contribution in [2.24, 2.45) is 10.6 Å². The van der Waals surface area contributed by atoms with Gasteiger partial charge in [-0.25, -0.2) is 13.6 Å². The standard InChI is InChI=1S/C13H23N3O3S/c1-13(5-7-16(2)8-6-13)10-15-9-11-3-4-12(19-11)20(14,17)18/h3-4,15H,5-10H2,1-2H3,(H2,14,17,18). The van der Waals surface area contributed by atoms with E-state index >= 15 is 0 Å². The van der Waals surface area contributed by atoms with E-state index in [2.05, 4.69) is 24.2 Å². The van der Waals surface area contributed by atoms with Gasteiger partial charge in [0.05, 0.1) is 6.54 Å². The summed E-state index contributed by atoms with van der Waals surface area (Å²) in [5.74, 6) is 0.588. The molecular weight excluding hydrogens is 278 g/mol. The number of primary sulfonamides is 1. The van der Waals surface area contributed by atoms with Crippen molar-refractivity contribution in [3.8, 4) is 0 Å². The molecule has 0 aliphatic carbocycles. The third kappa shape index (κ3) is 4.05. The average Bonchev–Trinajstić information content (AvgIpc) is 2.82. The molecule has 1 aliphatic heterocycles. The minimum absolute atomic E-state index is 0.181. The zero-order valence-electron chi connectivity index (χ0n) is 12.1. The number of rotatable bonds is 5. The minimum Gasteiger partial charge on any atom is -0.447 e. The summed E-state index contributed by atoms with van der Waals surface area (Å²) in [6.07, 6.45) is 2.33. The van der Waals surface area contributed by atoms with E-state index in [4.69, 9.17) is 9.56 Å². The van der Waals surface area contributed by atoms with Crippen LogP contribution >= 0.6 is 0 Å². The molecule has 2 rings (SSSR count). The maximum absolute atomic E-state index is 11.1. The van der Waals surface area contributed by atoms with Gasteiger partial charge >= 0.3 is 0 Å². The molecule has 0 amide bonds. The predicted molar refractivity (Wildman–Crippen MR) is 76.6 cm³/mol. The molecule has 0 bridgehead atoms. The van der Waals surface area contributed by atoms with Gasteiger partial charge in [-0.15, -0.1) is 0 Å². The van der Waals surface area contributed by atoms with Gasteiger partial charge in [0.15, 0.2) is 0 Å². The van der Waals surface area contributed by atoms with Crippen LogP contribution in [0.25, 0.3) is 0 Å². The number of piperidine rings is 1. The van der Waals surface area contributed by atoms with E-state index in [1.807, 2.05) is 0 Å². The van der Waals surface area contributed by atoms with Crippen LogP contribution in [0, 0.1) is 5.41 Å². The fraction of sp³-hybridized carbons (Fsp3) is 0.692. The Morgan fingerprint density at radius 2 is 2.05 bits per heavy atom. The third-order valence-electron chi connectivity index (χ3n) is 3.96. The molecule has 0 spiro atoms. The summed E-state index contributed by atoms with van der Waals surface area (Å²) < 4.78 is 27.4. The first-order valence-corrected chi connectivity index (χ1v) is 8.34. The lowest BCUT2D eigenvalue weighted by molar-refractivity contribution is 0.136. The highest BCUT2D eigenvalue weighted by molar-refractivity contribution is 7.89. The third-order valence-corrected chi connectivity index (χ3v) is 4.74. The van der Waals surface area contributed by atoms with Crippen molar-refractivity contribution in [2.45, 2.75) is 31.4 Å². The number of sulfonamides is 1. The predicted octanol–water partition coefficient (Wildman–Crippen LogP) is 0.749. The van der Waals surface area contributed by atoms with Gasteiger partial charge in [-0.3, -0.25) is 0 Å². The lowest BCUT2D eigenvalue weighted by Crippen LogP contribution is -2.41. The van der Waals surface area contributed by atoms with Crippen molar-refractivity contribution in [3.05, 3.63) is 17.9 Å². The van der Waals surface area contributed by atoms with Crippen molar-refractivity contribution in [3.63, 3.8) is 0 Å². The van der Waals surface area contributed by atoms with E-state index in [0.29, 0.717) is 17.7 Å². The molecule has 6 nitrogen and oxygen atoms in total. The molecule has 1 fully saturated rings. The topological polar surface area (TPSA) is 88.6 Å². The van der Waals surface area contributed by atoms with Crippen LogP contribution in [-0.2, 0) is 16.6 Å². The van der Waals surface area contributed by atoms with E-state index in [-0.39, 0.29) is 5.09 Å². The van der Waals surface area contributed by atoms with Crippen LogP contribution in [0.5, 0.6) is 0 Å². The first kappa shape index (κ1) is 15.5. The number of nitrogens with one attached hydrogen (secondary N) is 1. The highest BCUT2D eigenvalue weighted by Gasteiger charge is 2.28. The molecule has 7 heteroatoms. The van der Waals surface area contributed by atoms with E-state index in [9.17, 15) is 8.42 Å². The average molecular weight is 301 g/mol. The molecule has 1 aliphatic rings. The van der Waals surface area contributed by atoms with Crippen molar-refractivity contribution >= 4 is 10.0 Å². The Labute approximate surface area is 120 Å². The van der Waals surface area contributed by atoms with Crippen LogP contribution in [0.15, 0.2) is 21.6 Å². The SMILES string of the molecule is CN1CCC(C)(CNCc2ccc(S(N)(=O)=O)o2)CC1. The summed E-state index contributed by atoms with van der Waals surface area (Å²) in [6.45, 7) is 5.93. The Kier molecular flexibility index (Phi) is 4.53. The van der Waals surface area contributed by atoms with Gasteiger partial charge in [0.2, 0.25) is 5.09 Å². The lowest BCUT2D eigenvalue weighted by Gasteiger charge is -2.38. The zero-order chi connectivity index (χ0) is 14.8. The van der Waals surface area contributed by atoms with E-state index in [0.717, 1.165) is 32.5 Å². The molecule has 1 saturated heterocycles. The summed E-state index contributed by atoms with van der Waals surface area (Å²) in [7, 11) is -1.60. The van der Waals surface area contributed by atoms with Gasteiger partial charge in [-0.2, -0.15) is 0 Å². The van der Waals surface area contributed by atoms with Crippen molar-refractivity contribution < 1.29 is 12.8 Å². The molecular formula is C13H23N3O3S. The Morgan fingerprint density at radius 1 is 1.40 bits per heavy atom. The first-order valence-electron chi connectivity index (χ1n) is 6.79. The molecule has 1 aromatic rings. The molecule has 0 radical (unpaired) electrons. The molecule has 20 heavy (non-hydrogen) atoms. The molecule has 3 N–H and O–H groups in total. The second kappa shape index (κ2) is 5.85. The van der Waals surface area contributed by atoms with E-state index in [1.165, 1.54) is 6.07 Å². The number of hydrogen-bond donors (Lipinski definition) is 2. The monoisotopic (exact) mass is 301 g/mol. The summed E-state index contributed by atoms with van der Waals surface area (Å²) >= 11 is 0. The molecule has 0 atom stereocenters. The summed E-state index contributed by atoms with van der Waals surface area (Å²) in [5, 5.41) is 8.17.